The molecule has 4 heterocycles. The van der Waals surface area contributed by atoms with E-state index in [0.717, 1.165) is 47.3 Å². The molecule has 1 aromatic carbocycles. The summed E-state index contributed by atoms with van der Waals surface area (Å²) in [7, 11) is 3.14. The molecule has 1 fully saturated rings. The zero-order valence-corrected chi connectivity index (χ0v) is 19.3. The fraction of sp³-hybridized carbons (Fsp3) is 0.318. The Kier molecular flexibility index (Phi) is 6.54. The van der Waals surface area contributed by atoms with Crippen molar-refractivity contribution < 1.29 is 23.1 Å². The van der Waals surface area contributed by atoms with Crippen molar-refractivity contribution in [3.8, 4) is 5.69 Å². The predicted octanol–water partition coefficient (Wildman–Crippen LogP) is 1.01. The highest BCUT2D eigenvalue weighted by molar-refractivity contribution is 5.90. The summed E-state index contributed by atoms with van der Waals surface area (Å²) in [6, 6.07) is 9.75. The zero-order chi connectivity index (χ0) is 26.2. The Balaban J connectivity index is 0.000000384. The van der Waals surface area contributed by atoms with Crippen LogP contribution in [0.4, 0.5) is 19.1 Å². The smallest absolute Gasteiger partial charge is 0.475 e. The highest BCUT2D eigenvalue weighted by Crippen LogP contribution is 2.29. The fourth-order valence-electron chi connectivity index (χ4n) is 3.96. The molecule has 3 aromatic heterocycles. The van der Waals surface area contributed by atoms with E-state index in [9.17, 15) is 22.8 Å². The topological polar surface area (TPSA) is 127 Å². The number of aliphatic carboxylic acids is 1. The van der Waals surface area contributed by atoms with E-state index in [0.29, 0.717) is 17.1 Å². The second kappa shape index (κ2) is 9.45. The van der Waals surface area contributed by atoms with Crippen LogP contribution in [0.3, 0.4) is 0 Å². The maximum absolute atomic E-state index is 13.2. The van der Waals surface area contributed by atoms with Gasteiger partial charge < -0.3 is 15.3 Å². The summed E-state index contributed by atoms with van der Waals surface area (Å²) in [6.45, 7) is 3.17. The summed E-state index contributed by atoms with van der Waals surface area (Å²) in [5.41, 5.74) is 1.54. The summed E-state index contributed by atoms with van der Waals surface area (Å²) < 4.78 is 36.1. The van der Waals surface area contributed by atoms with Gasteiger partial charge in [0, 0.05) is 51.9 Å². The number of piperazine rings is 1. The van der Waals surface area contributed by atoms with Crippen molar-refractivity contribution in [1.29, 1.82) is 0 Å². The van der Waals surface area contributed by atoms with Crippen molar-refractivity contribution in [2.24, 2.45) is 14.1 Å². The largest absolute Gasteiger partial charge is 0.490 e. The van der Waals surface area contributed by atoms with Crippen molar-refractivity contribution in [3.05, 3.63) is 57.4 Å². The summed E-state index contributed by atoms with van der Waals surface area (Å²) in [4.78, 5) is 46.0. The molecule has 0 saturated carbocycles. The third kappa shape index (κ3) is 4.42. The lowest BCUT2D eigenvalue weighted by atomic mass is 10.2. The summed E-state index contributed by atoms with van der Waals surface area (Å²) in [6.07, 6.45) is -3.34. The van der Waals surface area contributed by atoms with Gasteiger partial charge in [0.25, 0.3) is 5.56 Å². The van der Waals surface area contributed by atoms with Crippen molar-refractivity contribution >= 4 is 34.0 Å². The van der Waals surface area contributed by atoms with Crippen LogP contribution < -0.4 is 21.5 Å². The number of rotatable bonds is 2. The second-order valence-corrected chi connectivity index (χ2v) is 8.02. The van der Waals surface area contributed by atoms with E-state index in [2.05, 4.69) is 15.2 Å². The molecular formula is C22H22F3N7O4. The van der Waals surface area contributed by atoms with E-state index >= 15 is 0 Å². The molecule has 2 N–H and O–H groups in total. The summed E-state index contributed by atoms with van der Waals surface area (Å²) in [5, 5.41) is 11.4. The number of aryl methyl sites for hydroxylation is 1. The number of fused-ring (bicyclic) bond motifs is 2. The minimum atomic E-state index is -5.08. The molecular weight excluding hydrogens is 483 g/mol. The van der Waals surface area contributed by atoms with Gasteiger partial charge in [-0.15, -0.1) is 0 Å². The number of nitrogens with zero attached hydrogens (tertiary/aromatic N) is 6. The Morgan fingerprint density at radius 3 is 2.33 bits per heavy atom. The van der Waals surface area contributed by atoms with Crippen LogP contribution in [0.1, 0.15) is 0 Å². The summed E-state index contributed by atoms with van der Waals surface area (Å²) in [5.74, 6) is -2.11. The number of hydrogen-bond donors (Lipinski definition) is 2. The third-order valence-corrected chi connectivity index (χ3v) is 5.73. The number of anilines is 1. The van der Waals surface area contributed by atoms with Gasteiger partial charge >= 0.3 is 17.8 Å². The van der Waals surface area contributed by atoms with Gasteiger partial charge in [0.2, 0.25) is 5.95 Å². The number of para-hydroxylation sites is 1. The molecule has 0 aliphatic carbocycles. The Morgan fingerprint density at radius 1 is 1.06 bits per heavy atom. The second-order valence-electron chi connectivity index (χ2n) is 8.02. The molecule has 1 aliphatic heterocycles. The quantitative estimate of drug-likeness (QED) is 0.413. The van der Waals surface area contributed by atoms with E-state index in [1.807, 2.05) is 34.9 Å². The molecule has 1 saturated heterocycles. The molecule has 0 radical (unpaired) electrons. The number of nitrogens with one attached hydrogen (secondary N) is 1. The predicted molar refractivity (Wildman–Crippen MR) is 126 cm³/mol. The van der Waals surface area contributed by atoms with Crippen LogP contribution in [0.15, 0.2) is 46.1 Å². The number of hydrogen-bond acceptors (Lipinski definition) is 7. The molecule has 190 valence electrons. The first-order valence-electron chi connectivity index (χ1n) is 10.8. The van der Waals surface area contributed by atoms with Crippen LogP contribution >= 0.6 is 0 Å². The van der Waals surface area contributed by atoms with E-state index in [-0.39, 0.29) is 5.56 Å². The van der Waals surface area contributed by atoms with Gasteiger partial charge in [-0.05, 0) is 12.1 Å². The van der Waals surface area contributed by atoms with Gasteiger partial charge in [-0.3, -0.25) is 23.5 Å². The highest BCUT2D eigenvalue weighted by Gasteiger charge is 2.38. The number of carboxylic acid groups (broad SMARTS) is 1. The third-order valence-electron chi connectivity index (χ3n) is 5.73. The van der Waals surface area contributed by atoms with E-state index in [4.69, 9.17) is 14.9 Å². The number of pyridine rings is 1. The first-order chi connectivity index (χ1) is 17.0. The molecule has 36 heavy (non-hydrogen) atoms. The van der Waals surface area contributed by atoms with Gasteiger partial charge in [-0.25, -0.2) is 9.59 Å². The number of aromatic nitrogens is 5. The minimum Gasteiger partial charge on any atom is -0.475 e. The number of alkyl halides is 3. The standard InChI is InChI=1S/C20H21N7O2.C2HF3O2/c1-24-17-16(18(28)25(2)20(24)29)27(19(23-17)26-11-9-21-10-12-26)14-7-3-5-13-6-4-8-22-15(13)14;3-2(4,5)1(6)7/h3-8,21H,9-12H2,1-2H3;(H,6,7). The molecule has 1 aliphatic rings. The monoisotopic (exact) mass is 505 g/mol. The number of benzene rings is 1. The van der Waals surface area contributed by atoms with Crippen LogP contribution in [0, 0.1) is 0 Å². The first kappa shape index (κ1) is 24.9. The van der Waals surface area contributed by atoms with Gasteiger partial charge in [0.1, 0.15) is 0 Å². The number of carboxylic acids is 1. The Hall–Kier alpha value is -4.20. The molecule has 0 atom stereocenters. The number of imidazole rings is 1. The van der Waals surface area contributed by atoms with Crippen molar-refractivity contribution in [2.75, 3.05) is 31.1 Å². The minimum absolute atomic E-state index is 0.370. The lowest BCUT2D eigenvalue weighted by molar-refractivity contribution is -0.192. The Morgan fingerprint density at radius 2 is 1.69 bits per heavy atom. The molecule has 0 bridgehead atoms. The van der Waals surface area contributed by atoms with Crippen LogP contribution in [-0.4, -0.2) is 67.1 Å². The van der Waals surface area contributed by atoms with Crippen molar-refractivity contribution in [1.82, 2.24) is 29.0 Å². The zero-order valence-electron chi connectivity index (χ0n) is 19.3. The molecule has 0 spiro atoms. The molecule has 5 rings (SSSR count). The van der Waals surface area contributed by atoms with Crippen LogP contribution in [0.25, 0.3) is 27.8 Å². The van der Waals surface area contributed by atoms with Gasteiger partial charge in [0.05, 0.1) is 11.2 Å². The summed E-state index contributed by atoms with van der Waals surface area (Å²) >= 11 is 0. The lowest BCUT2D eigenvalue weighted by Crippen LogP contribution is -2.44. The average molecular weight is 505 g/mol. The van der Waals surface area contributed by atoms with Gasteiger partial charge in [-0.2, -0.15) is 18.2 Å². The van der Waals surface area contributed by atoms with Crippen molar-refractivity contribution in [3.63, 3.8) is 0 Å². The number of halogens is 3. The molecule has 0 unspecified atom stereocenters. The van der Waals surface area contributed by atoms with E-state index in [1.54, 1.807) is 13.2 Å². The molecule has 4 aromatic rings. The van der Waals surface area contributed by atoms with Crippen LogP contribution in [0.5, 0.6) is 0 Å². The normalized spacial score (nSPS) is 14.1. The van der Waals surface area contributed by atoms with Crippen molar-refractivity contribution in [2.45, 2.75) is 6.18 Å². The Labute approximate surface area is 201 Å². The fourth-order valence-corrected chi connectivity index (χ4v) is 3.96. The maximum Gasteiger partial charge on any atom is 0.490 e. The molecule has 14 heteroatoms. The number of carbonyl (C=O) groups is 1. The van der Waals surface area contributed by atoms with E-state index < -0.39 is 17.8 Å². The SMILES string of the molecule is Cn1c(=O)c2c(nc(N3CCNCC3)n2-c2cccc3cccnc23)n(C)c1=O.O=C(O)C(F)(F)F. The first-order valence-corrected chi connectivity index (χ1v) is 10.8. The van der Waals surface area contributed by atoms with Gasteiger partial charge in [0.15, 0.2) is 11.2 Å². The Bertz CT molecular complexity index is 1560. The van der Waals surface area contributed by atoms with Gasteiger partial charge in [-0.1, -0.05) is 18.2 Å². The maximum atomic E-state index is 13.2. The van der Waals surface area contributed by atoms with E-state index in [1.165, 1.54) is 11.6 Å². The lowest BCUT2D eigenvalue weighted by Gasteiger charge is -2.28. The highest BCUT2D eigenvalue weighted by atomic mass is 19.4. The van der Waals surface area contributed by atoms with Crippen LogP contribution in [-0.2, 0) is 18.9 Å². The molecule has 11 nitrogen and oxygen atoms in total. The van der Waals surface area contributed by atoms with Crippen LogP contribution in [0.2, 0.25) is 0 Å². The molecule has 0 amide bonds. The average Bonchev–Trinajstić information content (AvgIpc) is 3.27.